The summed E-state index contributed by atoms with van der Waals surface area (Å²) in [5, 5.41) is 3.41. The molecule has 0 saturated carbocycles. The quantitative estimate of drug-likeness (QED) is 0.743. The molecule has 1 radical (unpaired) electrons. The minimum Gasteiger partial charge on any atom is -0.310 e. The van der Waals surface area contributed by atoms with Gasteiger partial charge in [-0.1, -0.05) is 36.8 Å². The van der Waals surface area contributed by atoms with Crippen molar-refractivity contribution in [1.29, 1.82) is 0 Å². The third-order valence-corrected chi connectivity index (χ3v) is 2.20. The van der Waals surface area contributed by atoms with Gasteiger partial charge in [0.1, 0.15) is 0 Å². The van der Waals surface area contributed by atoms with Gasteiger partial charge in [-0.05, 0) is 32.4 Å². The third-order valence-electron chi connectivity index (χ3n) is 2.20. The van der Waals surface area contributed by atoms with E-state index in [2.05, 4.69) is 50.4 Å². The molecular formula is C12H18N. The monoisotopic (exact) mass is 176 g/mol. The van der Waals surface area contributed by atoms with Crippen molar-refractivity contribution in [3.8, 4) is 0 Å². The number of rotatable bonds is 4. The Labute approximate surface area is 81.2 Å². The van der Waals surface area contributed by atoms with Gasteiger partial charge in [0.25, 0.3) is 0 Å². The van der Waals surface area contributed by atoms with Crippen LogP contribution < -0.4 is 5.32 Å². The van der Waals surface area contributed by atoms with Crippen molar-refractivity contribution >= 4 is 0 Å². The molecule has 13 heavy (non-hydrogen) atoms. The fourth-order valence-corrected chi connectivity index (χ4v) is 1.29. The minimum absolute atomic E-state index is 0.433. The molecule has 1 nitrogen and oxygen atoms in total. The Morgan fingerprint density at radius 1 is 1.31 bits per heavy atom. The molecule has 0 bridgehead atoms. The van der Waals surface area contributed by atoms with E-state index in [9.17, 15) is 0 Å². The maximum atomic E-state index is 3.80. The fourth-order valence-electron chi connectivity index (χ4n) is 1.29. The molecule has 0 aliphatic heterocycles. The van der Waals surface area contributed by atoms with Crippen LogP contribution in [0.3, 0.4) is 0 Å². The summed E-state index contributed by atoms with van der Waals surface area (Å²) >= 11 is 0. The van der Waals surface area contributed by atoms with E-state index >= 15 is 0 Å². The first kappa shape index (κ1) is 10.3. The highest BCUT2D eigenvalue weighted by atomic mass is 14.9. The lowest BCUT2D eigenvalue weighted by atomic mass is 10.1. The van der Waals surface area contributed by atoms with Gasteiger partial charge in [-0.3, -0.25) is 0 Å². The van der Waals surface area contributed by atoms with Crippen molar-refractivity contribution in [3.63, 3.8) is 0 Å². The minimum atomic E-state index is 0.433. The Hall–Kier alpha value is -0.820. The van der Waals surface area contributed by atoms with Crippen LogP contribution in [0.5, 0.6) is 0 Å². The van der Waals surface area contributed by atoms with Gasteiger partial charge in [-0.15, -0.1) is 0 Å². The molecule has 0 unspecified atom stereocenters. The SMILES string of the molecule is [CH2]CCN[C@@H](C)c1ccc(C)cc1. The van der Waals surface area contributed by atoms with Crippen LogP contribution in [0.25, 0.3) is 0 Å². The van der Waals surface area contributed by atoms with Crippen molar-refractivity contribution in [2.45, 2.75) is 26.3 Å². The van der Waals surface area contributed by atoms with Gasteiger partial charge in [0.15, 0.2) is 0 Å². The van der Waals surface area contributed by atoms with Gasteiger partial charge in [0.05, 0.1) is 0 Å². The van der Waals surface area contributed by atoms with E-state index in [1.165, 1.54) is 11.1 Å². The molecule has 0 fully saturated rings. The van der Waals surface area contributed by atoms with Gasteiger partial charge in [0.2, 0.25) is 0 Å². The number of benzene rings is 1. The standard InChI is InChI=1S/C12H18N/c1-4-9-13-11(3)12-7-5-10(2)6-8-12/h5-8,11,13H,1,4,9H2,2-3H3/t11-/m0/s1. The normalized spacial score (nSPS) is 12.8. The first-order valence-corrected chi connectivity index (χ1v) is 4.83. The van der Waals surface area contributed by atoms with E-state index in [1.807, 2.05) is 0 Å². The fraction of sp³-hybridized carbons (Fsp3) is 0.417. The molecule has 1 heteroatoms. The molecule has 0 aliphatic rings. The second kappa shape index (κ2) is 5.03. The molecule has 0 saturated heterocycles. The van der Waals surface area contributed by atoms with Crippen LogP contribution in [0.2, 0.25) is 0 Å². The summed E-state index contributed by atoms with van der Waals surface area (Å²) in [5.41, 5.74) is 2.66. The van der Waals surface area contributed by atoms with Crippen molar-refractivity contribution in [2.75, 3.05) is 6.54 Å². The van der Waals surface area contributed by atoms with Gasteiger partial charge < -0.3 is 5.32 Å². The van der Waals surface area contributed by atoms with E-state index in [-0.39, 0.29) is 0 Å². The summed E-state index contributed by atoms with van der Waals surface area (Å²) in [7, 11) is 0. The largest absolute Gasteiger partial charge is 0.310 e. The second-order valence-electron chi connectivity index (χ2n) is 3.44. The maximum absolute atomic E-state index is 3.80. The number of hydrogen-bond acceptors (Lipinski definition) is 1. The summed E-state index contributed by atoms with van der Waals surface area (Å²) in [5.74, 6) is 0. The van der Waals surface area contributed by atoms with Crippen molar-refractivity contribution < 1.29 is 0 Å². The molecule has 0 amide bonds. The summed E-state index contributed by atoms with van der Waals surface area (Å²) in [4.78, 5) is 0. The van der Waals surface area contributed by atoms with E-state index in [0.717, 1.165) is 13.0 Å². The topological polar surface area (TPSA) is 12.0 Å². The summed E-state index contributed by atoms with van der Waals surface area (Å²) in [6.07, 6.45) is 0.941. The van der Waals surface area contributed by atoms with Crippen LogP contribution in [-0.2, 0) is 0 Å². The second-order valence-corrected chi connectivity index (χ2v) is 3.44. The van der Waals surface area contributed by atoms with Gasteiger partial charge in [-0.2, -0.15) is 0 Å². The molecule has 1 rings (SSSR count). The first-order valence-electron chi connectivity index (χ1n) is 4.83. The van der Waals surface area contributed by atoms with Crippen molar-refractivity contribution in [3.05, 3.63) is 42.3 Å². The smallest absolute Gasteiger partial charge is 0.0291 e. The highest BCUT2D eigenvalue weighted by molar-refractivity contribution is 5.23. The third kappa shape index (κ3) is 3.19. The zero-order valence-corrected chi connectivity index (χ0v) is 8.51. The van der Waals surface area contributed by atoms with Gasteiger partial charge >= 0.3 is 0 Å². The lowest BCUT2D eigenvalue weighted by Crippen LogP contribution is -2.19. The van der Waals surface area contributed by atoms with Crippen LogP contribution in [0.1, 0.15) is 30.5 Å². The van der Waals surface area contributed by atoms with Gasteiger partial charge in [-0.25, -0.2) is 0 Å². The number of aryl methyl sites for hydroxylation is 1. The molecule has 1 aromatic carbocycles. The Kier molecular flexibility index (Phi) is 3.97. The summed E-state index contributed by atoms with van der Waals surface area (Å²) in [6.45, 7) is 9.07. The molecule has 1 atom stereocenters. The highest BCUT2D eigenvalue weighted by Crippen LogP contribution is 2.12. The molecule has 71 valence electrons. The average molecular weight is 176 g/mol. The Bertz CT molecular complexity index is 238. The molecule has 0 aliphatic carbocycles. The number of nitrogens with one attached hydrogen (secondary N) is 1. The Morgan fingerprint density at radius 3 is 2.46 bits per heavy atom. The summed E-state index contributed by atoms with van der Waals surface area (Å²) in [6, 6.07) is 9.09. The van der Waals surface area contributed by atoms with E-state index < -0.39 is 0 Å². The van der Waals surface area contributed by atoms with Crippen LogP contribution >= 0.6 is 0 Å². The lowest BCUT2D eigenvalue weighted by Gasteiger charge is -2.13. The molecule has 0 aromatic heterocycles. The summed E-state index contributed by atoms with van der Waals surface area (Å²) < 4.78 is 0. The molecular weight excluding hydrogens is 158 g/mol. The predicted molar refractivity (Wildman–Crippen MR) is 57.6 cm³/mol. The van der Waals surface area contributed by atoms with Crippen LogP contribution in [0.15, 0.2) is 24.3 Å². The average Bonchev–Trinajstić information content (AvgIpc) is 2.15. The first-order chi connectivity index (χ1) is 6.24. The zero-order chi connectivity index (χ0) is 9.68. The molecule has 1 aromatic rings. The Morgan fingerprint density at radius 2 is 1.92 bits per heavy atom. The van der Waals surface area contributed by atoms with E-state index in [0.29, 0.717) is 6.04 Å². The van der Waals surface area contributed by atoms with Crippen molar-refractivity contribution in [1.82, 2.24) is 5.32 Å². The molecule has 0 heterocycles. The van der Waals surface area contributed by atoms with Crippen LogP contribution in [0, 0.1) is 13.8 Å². The van der Waals surface area contributed by atoms with Crippen LogP contribution in [0.4, 0.5) is 0 Å². The van der Waals surface area contributed by atoms with Crippen molar-refractivity contribution in [2.24, 2.45) is 0 Å². The maximum Gasteiger partial charge on any atom is 0.0291 e. The van der Waals surface area contributed by atoms with Crippen LogP contribution in [-0.4, -0.2) is 6.54 Å². The van der Waals surface area contributed by atoms with E-state index in [1.54, 1.807) is 0 Å². The Balaban J connectivity index is 2.55. The van der Waals surface area contributed by atoms with Gasteiger partial charge in [0, 0.05) is 6.04 Å². The highest BCUT2D eigenvalue weighted by Gasteiger charge is 2.01. The van der Waals surface area contributed by atoms with E-state index in [4.69, 9.17) is 0 Å². The lowest BCUT2D eigenvalue weighted by molar-refractivity contribution is 0.580. The predicted octanol–water partition coefficient (Wildman–Crippen LogP) is 2.87. The molecule has 1 N–H and O–H groups in total. The zero-order valence-electron chi connectivity index (χ0n) is 8.51. The molecule has 0 spiro atoms. The number of hydrogen-bond donors (Lipinski definition) is 1.